The van der Waals surface area contributed by atoms with Crippen LogP contribution in [0.1, 0.15) is 21.6 Å². The summed E-state index contributed by atoms with van der Waals surface area (Å²) in [5.74, 6) is 1.06. The standard InChI is InChI=1S/C21H23N5O2/c1-14-12-16-17(13-15(14)2)24-20(28-3)19(23-16)21(27)26-10-8-25(9-11-26)18-6-4-5-7-22-18/h4-7,12-13H,8-11H2,1-3H3. The van der Waals surface area contributed by atoms with Crippen molar-refractivity contribution in [3.8, 4) is 5.88 Å². The molecule has 0 atom stereocenters. The predicted molar refractivity (Wildman–Crippen MR) is 108 cm³/mol. The minimum atomic E-state index is -0.148. The molecule has 4 rings (SSSR count). The topological polar surface area (TPSA) is 71.5 Å². The summed E-state index contributed by atoms with van der Waals surface area (Å²) in [6, 6.07) is 9.79. The molecule has 1 saturated heterocycles. The molecule has 0 saturated carbocycles. The van der Waals surface area contributed by atoms with E-state index in [1.807, 2.05) is 44.2 Å². The first-order valence-corrected chi connectivity index (χ1v) is 9.35. The molecule has 28 heavy (non-hydrogen) atoms. The van der Waals surface area contributed by atoms with E-state index in [1.54, 1.807) is 11.1 Å². The Morgan fingerprint density at radius 3 is 2.29 bits per heavy atom. The number of amides is 1. The molecule has 7 nitrogen and oxygen atoms in total. The number of nitrogens with zero attached hydrogens (tertiary/aromatic N) is 5. The summed E-state index contributed by atoms with van der Waals surface area (Å²) in [6.45, 7) is 6.72. The molecule has 1 aliphatic rings. The van der Waals surface area contributed by atoms with Gasteiger partial charge in [-0.3, -0.25) is 4.79 Å². The lowest BCUT2D eigenvalue weighted by Gasteiger charge is -2.35. The molecule has 0 aliphatic carbocycles. The number of hydrogen-bond donors (Lipinski definition) is 0. The number of piperazine rings is 1. The molecule has 0 N–H and O–H groups in total. The van der Waals surface area contributed by atoms with Gasteiger partial charge in [0.25, 0.3) is 5.91 Å². The summed E-state index contributed by atoms with van der Waals surface area (Å²) >= 11 is 0. The number of pyridine rings is 1. The van der Waals surface area contributed by atoms with Gasteiger partial charge in [-0.2, -0.15) is 0 Å². The van der Waals surface area contributed by atoms with Gasteiger partial charge in [0.2, 0.25) is 5.88 Å². The van der Waals surface area contributed by atoms with Crippen molar-refractivity contribution in [3.05, 3.63) is 53.3 Å². The first-order valence-electron chi connectivity index (χ1n) is 9.35. The molecule has 0 spiro atoms. The summed E-state index contributed by atoms with van der Waals surface area (Å²) in [4.78, 5) is 30.6. The van der Waals surface area contributed by atoms with E-state index in [1.165, 1.54) is 7.11 Å². The smallest absolute Gasteiger partial charge is 0.278 e. The lowest BCUT2D eigenvalue weighted by atomic mass is 10.1. The van der Waals surface area contributed by atoms with Crippen molar-refractivity contribution in [1.82, 2.24) is 19.9 Å². The van der Waals surface area contributed by atoms with Crippen LogP contribution in [0, 0.1) is 13.8 Å². The number of fused-ring (bicyclic) bond motifs is 1. The molecule has 1 aromatic carbocycles. The number of aromatic nitrogens is 3. The zero-order valence-corrected chi connectivity index (χ0v) is 16.3. The molecule has 7 heteroatoms. The first-order chi connectivity index (χ1) is 13.6. The van der Waals surface area contributed by atoms with Crippen molar-refractivity contribution in [2.75, 3.05) is 38.2 Å². The van der Waals surface area contributed by atoms with Gasteiger partial charge in [-0.25, -0.2) is 15.0 Å². The largest absolute Gasteiger partial charge is 0.479 e. The second-order valence-electron chi connectivity index (χ2n) is 6.97. The molecule has 3 aromatic rings. The number of hydrogen-bond acceptors (Lipinski definition) is 6. The van der Waals surface area contributed by atoms with Gasteiger partial charge >= 0.3 is 0 Å². The van der Waals surface area contributed by atoms with Crippen molar-refractivity contribution in [3.63, 3.8) is 0 Å². The summed E-state index contributed by atoms with van der Waals surface area (Å²) in [7, 11) is 1.52. The van der Waals surface area contributed by atoms with E-state index in [0.29, 0.717) is 18.6 Å². The van der Waals surface area contributed by atoms with E-state index in [9.17, 15) is 4.79 Å². The highest BCUT2D eigenvalue weighted by molar-refractivity contribution is 5.96. The highest BCUT2D eigenvalue weighted by atomic mass is 16.5. The number of carbonyl (C=O) groups is 1. The van der Waals surface area contributed by atoms with Crippen LogP contribution >= 0.6 is 0 Å². The summed E-state index contributed by atoms with van der Waals surface area (Å²) in [5.41, 5.74) is 3.96. The molecule has 1 amide bonds. The van der Waals surface area contributed by atoms with Gasteiger partial charge in [-0.1, -0.05) is 6.07 Å². The monoisotopic (exact) mass is 377 g/mol. The van der Waals surface area contributed by atoms with Crippen LogP contribution in [0.15, 0.2) is 36.5 Å². The van der Waals surface area contributed by atoms with Crippen molar-refractivity contribution < 1.29 is 9.53 Å². The van der Waals surface area contributed by atoms with Gasteiger partial charge in [-0.05, 0) is 49.2 Å². The number of methoxy groups -OCH3 is 1. The van der Waals surface area contributed by atoms with Gasteiger partial charge in [-0.15, -0.1) is 0 Å². The normalized spacial score (nSPS) is 14.4. The Balaban J connectivity index is 1.58. The van der Waals surface area contributed by atoms with E-state index in [0.717, 1.165) is 35.6 Å². The Morgan fingerprint density at radius 1 is 1.00 bits per heavy atom. The maximum absolute atomic E-state index is 13.1. The third-order valence-electron chi connectivity index (χ3n) is 5.18. The minimum absolute atomic E-state index is 0.148. The first kappa shape index (κ1) is 18.2. The molecule has 3 heterocycles. The van der Waals surface area contributed by atoms with E-state index in [4.69, 9.17) is 4.74 Å². The summed E-state index contributed by atoms with van der Waals surface area (Å²) in [6.07, 6.45) is 1.78. The maximum atomic E-state index is 13.1. The number of anilines is 1. The third kappa shape index (κ3) is 3.35. The number of ether oxygens (including phenoxy) is 1. The van der Waals surface area contributed by atoms with E-state index >= 15 is 0 Å². The number of rotatable bonds is 3. The minimum Gasteiger partial charge on any atom is -0.479 e. The number of aryl methyl sites for hydroxylation is 2. The van der Waals surface area contributed by atoms with E-state index < -0.39 is 0 Å². The zero-order chi connectivity index (χ0) is 19.7. The molecule has 0 radical (unpaired) electrons. The van der Waals surface area contributed by atoms with Gasteiger partial charge in [0, 0.05) is 32.4 Å². The highest BCUT2D eigenvalue weighted by Crippen LogP contribution is 2.23. The Labute approximate surface area is 164 Å². The van der Waals surface area contributed by atoms with Crippen LogP contribution in [0.4, 0.5) is 5.82 Å². The van der Waals surface area contributed by atoms with Crippen molar-refractivity contribution in [2.24, 2.45) is 0 Å². The zero-order valence-electron chi connectivity index (χ0n) is 16.3. The Morgan fingerprint density at radius 2 is 1.68 bits per heavy atom. The lowest BCUT2D eigenvalue weighted by molar-refractivity contribution is 0.0736. The number of benzene rings is 1. The van der Waals surface area contributed by atoms with E-state index in [2.05, 4.69) is 19.9 Å². The van der Waals surface area contributed by atoms with Crippen LogP contribution in [0.25, 0.3) is 11.0 Å². The summed E-state index contributed by atoms with van der Waals surface area (Å²) < 4.78 is 5.38. The molecule has 0 unspecified atom stereocenters. The maximum Gasteiger partial charge on any atom is 0.278 e. The lowest BCUT2D eigenvalue weighted by Crippen LogP contribution is -2.49. The fourth-order valence-corrected chi connectivity index (χ4v) is 3.41. The molecule has 144 valence electrons. The predicted octanol–water partition coefficient (Wildman–Crippen LogP) is 2.61. The third-order valence-corrected chi connectivity index (χ3v) is 5.18. The van der Waals surface area contributed by atoms with Gasteiger partial charge < -0.3 is 14.5 Å². The van der Waals surface area contributed by atoms with Gasteiger partial charge in [0.1, 0.15) is 5.82 Å². The van der Waals surface area contributed by atoms with Crippen molar-refractivity contribution in [2.45, 2.75) is 13.8 Å². The van der Waals surface area contributed by atoms with Crippen molar-refractivity contribution in [1.29, 1.82) is 0 Å². The fraction of sp³-hybridized carbons (Fsp3) is 0.333. The van der Waals surface area contributed by atoms with Crippen LogP contribution in [0.5, 0.6) is 5.88 Å². The molecule has 0 bridgehead atoms. The van der Waals surface area contributed by atoms with Crippen LogP contribution in [-0.2, 0) is 0 Å². The van der Waals surface area contributed by atoms with Crippen LogP contribution in [0.2, 0.25) is 0 Å². The number of carbonyl (C=O) groups excluding carboxylic acids is 1. The second kappa shape index (κ2) is 7.42. The molecular formula is C21H23N5O2. The van der Waals surface area contributed by atoms with Crippen LogP contribution < -0.4 is 9.64 Å². The summed E-state index contributed by atoms with van der Waals surface area (Å²) in [5, 5.41) is 0. The molecule has 2 aromatic heterocycles. The van der Waals surface area contributed by atoms with Gasteiger partial charge in [0.15, 0.2) is 5.69 Å². The average Bonchev–Trinajstić information content (AvgIpc) is 2.74. The molecular weight excluding hydrogens is 354 g/mol. The Hall–Kier alpha value is -3.22. The average molecular weight is 377 g/mol. The molecule has 1 fully saturated rings. The molecule has 1 aliphatic heterocycles. The Bertz CT molecular complexity index is 1010. The van der Waals surface area contributed by atoms with Crippen molar-refractivity contribution >= 4 is 22.8 Å². The quantitative estimate of drug-likeness (QED) is 0.699. The highest BCUT2D eigenvalue weighted by Gasteiger charge is 2.27. The fourth-order valence-electron chi connectivity index (χ4n) is 3.41. The van der Waals surface area contributed by atoms with Crippen LogP contribution in [0.3, 0.4) is 0 Å². The Kier molecular flexibility index (Phi) is 4.81. The SMILES string of the molecule is COc1nc2cc(C)c(C)cc2nc1C(=O)N1CCN(c2ccccn2)CC1. The van der Waals surface area contributed by atoms with Gasteiger partial charge in [0.05, 0.1) is 18.1 Å². The second-order valence-corrected chi connectivity index (χ2v) is 6.97. The van der Waals surface area contributed by atoms with E-state index in [-0.39, 0.29) is 17.5 Å². The van der Waals surface area contributed by atoms with Crippen LogP contribution in [-0.4, -0.2) is 59.0 Å².